The molecular formula is C17H16N4O. The number of nitrogens with one attached hydrogen (secondary N) is 1. The number of hydrogen-bond acceptors (Lipinski definition) is 3. The van der Waals surface area contributed by atoms with Gasteiger partial charge >= 0.3 is 0 Å². The van der Waals surface area contributed by atoms with Crippen LogP contribution in [0.15, 0.2) is 41.3 Å². The Morgan fingerprint density at radius 2 is 2.09 bits per heavy atom. The lowest BCUT2D eigenvalue weighted by Gasteiger charge is -2.14. The second-order valence-corrected chi connectivity index (χ2v) is 5.31. The van der Waals surface area contributed by atoms with Gasteiger partial charge in [0.2, 0.25) is 0 Å². The molecule has 2 heterocycles. The molecule has 0 amide bonds. The zero-order valence-corrected chi connectivity index (χ0v) is 12.5. The molecule has 0 spiro atoms. The molecule has 0 aliphatic rings. The molecule has 0 bridgehead atoms. The third kappa shape index (κ3) is 2.09. The summed E-state index contributed by atoms with van der Waals surface area (Å²) in [6.45, 7) is 4.06. The molecule has 0 radical (unpaired) electrons. The Hall–Kier alpha value is -2.87. The van der Waals surface area contributed by atoms with Crippen molar-refractivity contribution in [3.63, 3.8) is 0 Å². The van der Waals surface area contributed by atoms with Gasteiger partial charge in [-0.1, -0.05) is 44.2 Å². The van der Waals surface area contributed by atoms with Crippen molar-refractivity contribution >= 4 is 5.65 Å². The average Bonchev–Trinajstić information content (AvgIpc) is 2.98. The second-order valence-electron chi connectivity index (χ2n) is 5.31. The molecular weight excluding hydrogens is 276 g/mol. The number of nitriles is 1. The maximum Gasteiger partial charge on any atom is 0.276 e. The number of hydrogen-bond donors (Lipinski definition) is 1. The Balaban J connectivity index is 2.42. The summed E-state index contributed by atoms with van der Waals surface area (Å²) in [5, 5.41) is 12.0. The Morgan fingerprint density at radius 1 is 1.36 bits per heavy atom. The van der Waals surface area contributed by atoms with E-state index in [1.165, 1.54) is 10.7 Å². The molecule has 1 N–H and O–H groups in total. The zero-order valence-electron chi connectivity index (χ0n) is 12.5. The van der Waals surface area contributed by atoms with Crippen LogP contribution in [0.4, 0.5) is 0 Å². The molecule has 1 unspecified atom stereocenters. The predicted octanol–water partition coefficient (Wildman–Crippen LogP) is 3.07. The van der Waals surface area contributed by atoms with Gasteiger partial charge in [-0.2, -0.15) is 5.26 Å². The van der Waals surface area contributed by atoms with Gasteiger partial charge in [0.1, 0.15) is 11.6 Å². The molecule has 0 fully saturated rings. The molecule has 3 rings (SSSR count). The van der Waals surface area contributed by atoms with Crippen molar-refractivity contribution < 1.29 is 0 Å². The largest absolute Gasteiger partial charge is 0.295 e. The predicted molar refractivity (Wildman–Crippen MR) is 84.7 cm³/mol. The number of rotatable bonds is 3. The van der Waals surface area contributed by atoms with Crippen LogP contribution >= 0.6 is 0 Å². The summed E-state index contributed by atoms with van der Waals surface area (Å²) < 4.78 is 1.35. The van der Waals surface area contributed by atoms with Crippen molar-refractivity contribution in [2.45, 2.75) is 26.2 Å². The molecule has 22 heavy (non-hydrogen) atoms. The molecule has 0 aliphatic carbocycles. The molecule has 5 heteroatoms. The van der Waals surface area contributed by atoms with Crippen LogP contribution in [0.3, 0.4) is 0 Å². The SMILES string of the molecule is CCC(C)c1c(-c2ccccc2)nc2c(C#N)c[nH]n2c1=O. The van der Waals surface area contributed by atoms with Gasteiger partial charge in [0, 0.05) is 17.3 Å². The summed E-state index contributed by atoms with van der Waals surface area (Å²) in [6.07, 6.45) is 2.35. The van der Waals surface area contributed by atoms with E-state index in [1.54, 1.807) is 0 Å². The molecule has 0 aliphatic heterocycles. The lowest BCUT2D eigenvalue weighted by molar-refractivity contribution is 0.707. The third-order valence-electron chi connectivity index (χ3n) is 3.97. The Kier molecular flexibility index (Phi) is 3.51. The van der Waals surface area contributed by atoms with Crippen LogP contribution in [-0.2, 0) is 0 Å². The molecule has 110 valence electrons. The van der Waals surface area contributed by atoms with E-state index in [-0.39, 0.29) is 11.5 Å². The smallest absolute Gasteiger partial charge is 0.276 e. The lowest BCUT2D eigenvalue weighted by Crippen LogP contribution is -2.23. The highest BCUT2D eigenvalue weighted by Crippen LogP contribution is 2.27. The molecule has 1 atom stereocenters. The van der Waals surface area contributed by atoms with Crippen LogP contribution in [-0.4, -0.2) is 14.6 Å². The number of H-pyrrole nitrogens is 1. The maximum absolute atomic E-state index is 12.8. The Morgan fingerprint density at radius 3 is 2.73 bits per heavy atom. The van der Waals surface area contributed by atoms with E-state index < -0.39 is 0 Å². The quantitative estimate of drug-likeness (QED) is 0.806. The van der Waals surface area contributed by atoms with Gasteiger partial charge < -0.3 is 0 Å². The second kappa shape index (κ2) is 5.49. The minimum Gasteiger partial charge on any atom is -0.295 e. The van der Waals surface area contributed by atoms with Crippen molar-refractivity contribution in [2.24, 2.45) is 0 Å². The van der Waals surface area contributed by atoms with Crippen LogP contribution in [0.1, 0.15) is 37.3 Å². The summed E-state index contributed by atoms with van der Waals surface area (Å²) in [5.74, 6) is 0.0842. The van der Waals surface area contributed by atoms with Gasteiger partial charge in [-0.25, -0.2) is 9.50 Å². The fourth-order valence-electron chi connectivity index (χ4n) is 2.57. The third-order valence-corrected chi connectivity index (χ3v) is 3.97. The molecule has 3 aromatic rings. The van der Waals surface area contributed by atoms with Gasteiger partial charge in [0.05, 0.1) is 5.69 Å². The fraction of sp³-hybridized carbons (Fsp3) is 0.235. The monoisotopic (exact) mass is 292 g/mol. The normalized spacial score (nSPS) is 12.2. The number of benzene rings is 1. The highest BCUT2D eigenvalue weighted by Gasteiger charge is 2.20. The summed E-state index contributed by atoms with van der Waals surface area (Å²) in [6, 6.07) is 11.7. The van der Waals surface area contributed by atoms with E-state index in [0.717, 1.165) is 12.0 Å². The van der Waals surface area contributed by atoms with Crippen molar-refractivity contribution in [1.29, 1.82) is 5.26 Å². The van der Waals surface area contributed by atoms with Crippen LogP contribution in [0.25, 0.3) is 16.9 Å². The number of aromatic amines is 1. The first kappa shape index (κ1) is 14.1. The summed E-state index contributed by atoms with van der Waals surface area (Å²) in [5.41, 5.74) is 2.83. The first-order valence-electron chi connectivity index (χ1n) is 7.27. The molecule has 2 aromatic heterocycles. The number of fused-ring (bicyclic) bond motifs is 1. The van der Waals surface area contributed by atoms with Crippen LogP contribution in [0, 0.1) is 11.3 Å². The van der Waals surface area contributed by atoms with Gasteiger partial charge in [0.15, 0.2) is 5.65 Å². The van der Waals surface area contributed by atoms with Crippen molar-refractivity contribution in [1.82, 2.24) is 14.6 Å². The summed E-state index contributed by atoms with van der Waals surface area (Å²) >= 11 is 0. The van der Waals surface area contributed by atoms with Gasteiger partial charge in [-0.15, -0.1) is 0 Å². The van der Waals surface area contributed by atoms with Gasteiger partial charge in [-0.05, 0) is 12.3 Å². The van der Waals surface area contributed by atoms with Crippen molar-refractivity contribution in [2.75, 3.05) is 0 Å². The highest BCUT2D eigenvalue weighted by molar-refractivity contribution is 5.68. The highest BCUT2D eigenvalue weighted by atomic mass is 16.1. The van der Waals surface area contributed by atoms with Crippen LogP contribution in [0.5, 0.6) is 0 Å². The number of aromatic nitrogens is 3. The van der Waals surface area contributed by atoms with Crippen molar-refractivity contribution in [3.05, 3.63) is 58.0 Å². The lowest BCUT2D eigenvalue weighted by atomic mass is 9.95. The standard InChI is InChI=1S/C17H16N4O/c1-3-11(2)14-15(12-7-5-4-6-8-12)20-16-13(9-18)10-19-21(16)17(14)22/h4-8,10-11,19H,3H2,1-2H3. The fourth-order valence-corrected chi connectivity index (χ4v) is 2.57. The van der Waals surface area contributed by atoms with E-state index >= 15 is 0 Å². The molecule has 0 saturated heterocycles. The van der Waals surface area contributed by atoms with E-state index in [0.29, 0.717) is 22.5 Å². The van der Waals surface area contributed by atoms with Crippen LogP contribution in [0.2, 0.25) is 0 Å². The van der Waals surface area contributed by atoms with Gasteiger partial charge in [-0.3, -0.25) is 9.89 Å². The van der Waals surface area contributed by atoms with Crippen LogP contribution < -0.4 is 5.56 Å². The zero-order chi connectivity index (χ0) is 15.7. The minimum absolute atomic E-state index is 0.0842. The van der Waals surface area contributed by atoms with Gasteiger partial charge in [0.25, 0.3) is 5.56 Å². The van der Waals surface area contributed by atoms with E-state index in [9.17, 15) is 10.1 Å². The van der Waals surface area contributed by atoms with E-state index in [1.807, 2.05) is 44.2 Å². The first-order chi connectivity index (χ1) is 10.7. The average molecular weight is 292 g/mol. The van der Waals surface area contributed by atoms with E-state index in [2.05, 4.69) is 16.2 Å². The topological polar surface area (TPSA) is 73.9 Å². The Labute approximate surface area is 127 Å². The van der Waals surface area contributed by atoms with E-state index in [4.69, 9.17) is 0 Å². The summed E-state index contributed by atoms with van der Waals surface area (Å²) in [4.78, 5) is 17.4. The summed E-state index contributed by atoms with van der Waals surface area (Å²) in [7, 11) is 0. The minimum atomic E-state index is -0.139. The van der Waals surface area contributed by atoms with Crippen molar-refractivity contribution in [3.8, 4) is 17.3 Å². The number of nitrogens with zero attached hydrogens (tertiary/aromatic N) is 3. The first-order valence-corrected chi connectivity index (χ1v) is 7.27. The Bertz CT molecular complexity index is 915. The molecule has 5 nitrogen and oxygen atoms in total. The molecule has 1 aromatic carbocycles. The maximum atomic E-state index is 12.8. The molecule has 0 saturated carbocycles.